The van der Waals surface area contributed by atoms with E-state index in [0.717, 1.165) is 0 Å². The highest BCUT2D eigenvalue weighted by Gasteiger charge is 2.30. The Kier molecular flexibility index (Phi) is 3.95. The van der Waals surface area contributed by atoms with Crippen molar-refractivity contribution in [2.45, 2.75) is 16.7 Å². The van der Waals surface area contributed by atoms with Gasteiger partial charge in [-0.2, -0.15) is 22.0 Å². The SMILES string of the molecule is FC(F)(F)CCOC(F)(F)I. The average molecular weight is 290 g/mol. The predicted molar refractivity (Wildman–Crippen MR) is 35.6 cm³/mol. The lowest BCUT2D eigenvalue weighted by Gasteiger charge is -2.10. The second kappa shape index (κ2) is 3.83. The van der Waals surface area contributed by atoms with Gasteiger partial charge in [-0.1, -0.05) is 0 Å². The van der Waals surface area contributed by atoms with Crippen LogP contribution in [0.25, 0.3) is 0 Å². The van der Waals surface area contributed by atoms with Gasteiger partial charge in [-0.3, -0.25) is 0 Å². The normalized spacial score (nSPS) is 13.6. The standard InChI is InChI=1S/C4H4F5IO/c5-3(6,7)1-2-11-4(8,9)10/h1-2H2. The molecule has 0 heterocycles. The minimum absolute atomic E-state index is 0.605. The van der Waals surface area contributed by atoms with E-state index in [4.69, 9.17) is 0 Å². The van der Waals surface area contributed by atoms with E-state index in [-0.39, 0.29) is 0 Å². The summed E-state index contributed by atoms with van der Waals surface area (Å²) in [5.41, 5.74) is 0. The molecule has 11 heavy (non-hydrogen) atoms. The fraction of sp³-hybridized carbons (Fsp3) is 1.00. The molecule has 1 nitrogen and oxygen atoms in total. The van der Waals surface area contributed by atoms with Crippen LogP contribution < -0.4 is 0 Å². The van der Waals surface area contributed by atoms with Gasteiger partial charge >= 0.3 is 10.3 Å². The summed E-state index contributed by atoms with van der Waals surface area (Å²) in [5, 5.41) is 0. The highest BCUT2D eigenvalue weighted by molar-refractivity contribution is 14.1. The van der Waals surface area contributed by atoms with Crippen LogP contribution in [-0.2, 0) is 4.74 Å². The van der Waals surface area contributed by atoms with Crippen LogP contribution in [-0.4, -0.2) is 16.9 Å². The summed E-state index contributed by atoms with van der Waals surface area (Å²) in [5.74, 6) is 0. The van der Waals surface area contributed by atoms with Gasteiger partial charge in [0, 0.05) is 22.6 Å². The molecule has 0 rings (SSSR count). The highest BCUT2D eigenvalue weighted by atomic mass is 127. The lowest BCUT2D eigenvalue weighted by molar-refractivity contribution is -0.186. The van der Waals surface area contributed by atoms with E-state index in [2.05, 4.69) is 4.74 Å². The van der Waals surface area contributed by atoms with Gasteiger partial charge in [0.2, 0.25) is 0 Å². The highest BCUT2D eigenvalue weighted by Crippen LogP contribution is 2.26. The monoisotopic (exact) mass is 290 g/mol. The van der Waals surface area contributed by atoms with Crippen molar-refractivity contribution < 1.29 is 26.7 Å². The fourth-order valence-corrected chi connectivity index (χ4v) is 0.503. The molecule has 0 radical (unpaired) electrons. The number of ether oxygens (including phenoxy) is 1. The van der Waals surface area contributed by atoms with Crippen molar-refractivity contribution in [1.29, 1.82) is 0 Å². The molecular weight excluding hydrogens is 286 g/mol. The lowest BCUT2D eigenvalue weighted by Crippen LogP contribution is -2.17. The fourth-order valence-electron chi connectivity index (χ4n) is 0.282. The lowest BCUT2D eigenvalue weighted by atomic mass is 10.4. The van der Waals surface area contributed by atoms with Gasteiger partial charge < -0.3 is 4.74 Å². The maximum Gasteiger partial charge on any atom is 0.407 e. The van der Waals surface area contributed by atoms with E-state index in [1.807, 2.05) is 0 Å². The van der Waals surface area contributed by atoms with Crippen molar-refractivity contribution >= 4 is 22.6 Å². The molecule has 0 unspecified atom stereocenters. The smallest absolute Gasteiger partial charge is 0.312 e. The first-order chi connectivity index (χ1) is 4.71. The Hall–Kier alpha value is 0.340. The Bertz CT molecular complexity index is 103. The molecule has 68 valence electrons. The van der Waals surface area contributed by atoms with Gasteiger partial charge in [-0.05, 0) is 0 Å². The third-order valence-corrected chi connectivity index (χ3v) is 0.963. The van der Waals surface area contributed by atoms with E-state index in [9.17, 15) is 22.0 Å². The van der Waals surface area contributed by atoms with Crippen LogP contribution in [0.4, 0.5) is 22.0 Å². The van der Waals surface area contributed by atoms with Crippen molar-refractivity contribution in [3.05, 3.63) is 0 Å². The van der Waals surface area contributed by atoms with E-state index in [1.54, 1.807) is 0 Å². The Morgan fingerprint density at radius 2 is 1.55 bits per heavy atom. The van der Waals surface area contributed by atoms with Gasteiger partial charge in [0.1, 0.15) is 0 Å². The molecule has 0 saturated carbocycles. The van der Waals surface area contributed by atoms with Crippen LogP contribution in [0.15, 0.2) is 0 Å². The largest absolute Gasteiger partial charge is 0.407 e. The number of alkyl halides is 6. The summed E-state index contributed by atoms with van der Waals surface area (Å²) < 4.78 is 57.3. The maximum atomic E-state index is 11.7. The van der Waals surface area contributed by atoms with Crippen LogP contribution in [0.5, 0.6) is 0 Å². The Labute approximate surface area is 73.0 Å². The van der Waals surface area contributed by atoms with E-state index >= 15 is 0 Å². The first kappa shape index (κ1) is 11.3. The summed E-state index contributed by atoms with van der Waals surface area (Å²) in [6.07, 6.45) is -5.80. The molecular formula is C4H4F5IO. The molecule has 7 heteroatoms. The second-order valence-electron chi connectivity index (χ2n) is 1.66. The zero-order chi connectivity index (χ0) is 9.12. The molecule has 0 atom stereocenters. The zero-order valence-electron chi connectivity index (χ0n) is 5.09. The van der Waals surface area contributed by atoms with E-state index < -0.39 is 23.3 Å². The van der Waals surface area contributed by atoms with Crippen molar-refractivity contribution in [1.82, 2.24) is 0 Å². The first-order valence-electron chi connectivity index (χ1n) is 2.48. The van der Waals surface area contributed by atoms with Crippen molar-refractivity contribution in [2.75, 3.05) is 6.61 Å². The average Bonchev–Trinajstić information content (AvgIpc) is 1.55. The summed E-state index contributed by atoms with van der Waals surface area (Å²) in [6, 6.07) is 0. The number of halogens is 6. The van der Waals surface area contributed by atoms with Crippen LogP contribution in [0.3, 0.4) is 0 Å². The number of hydrogen-bond acceptors (Lipinski definition) is 1. The van der Waals surface area contributed by atoms with Crippen LogP contribution in [0.2, 0.25) is 0 Å². The molecule has 0 bridgehead atoms. The molecule has 0 aliphatic heterocycles. The maximum absolute atomic E-state index is 11.7. The molecule has 0 aromatic heterocycles. The third kappa shape index (κ3) is 10.3. The summed E-state index contributed by atoms with van der Waals surface area (Å²) in [7, 11) is 0. The molecule has 0 aliphatic rings. The van der Waals surface area contributed by atoms with Gasteiger partial charge in [0.25, 0.3) is 0 Å². The third-order valence-electron chi connectivity index (χ3n) is 0.651. The van der Waals surface area contributed by atoms with Crippen molar-refractivity contribution in [2.24, 2.45) is 0 Å². The minimum atomic E-state index is -4.44. The Morgan fingerprint density at radius 1 is 1.09 bits per heavy atom. The minimum Gasteiger partial charge on any atom is -0.312 e. The molecule has 0 aromatic carbocycles. The summed E-state index contributed by atoms with van der Waals surface area (Å²) >= 11 is 0.605. The topological polar surface area (TPSA) is 9.23 Å². The van der Waals surface area contributed by atoms with Crippen LogP contribution in [0.1, 0.15) is 6.42 Å². The summed E-state index contributed by atoms with van der Waals surface area (Å²) in [6.45, 7) is -1.01. The van der Waals surface area contributed by atoms with Gasteiger partial charge in [-0.25, -0.2) is 0 Å². The second-order valence-corrected chi connectivity index (χ2v) is 2.92. The molecule has 0 amide bonds. The molecule has 0 aromatic rings. The number of rotatable bonds is 3. The van der Waals surface area contributed by atoms with Crippen molar-refractivity contribution in [3.63, 3.8) is 0 Å². The molecule has 0 spiro atoms. The predicted octanol–water partition coefficient (Wildman–Crippen LogP) is 2.94. The first-order valence-corrected chi connectivity index (χ1v) is 3.56. The van der Waals surface area contributed by atoms with Gasteiger partial charge in [-0.15, -0.1) is 0 Å². The van der Waals surface area contributed by atoms with E-state index in [1.165, 1.54) is 0 Å². The Morgan fingerprint density at radius 3 is 1.82 bits per heavy atom. The molecule has 0 N–H and O–H groups in total. The quantitative estimate of drug-likeness (QED) is 0.441. The molecule has 0 fully saturated rings. The summed E-state index contributed by atoms with van der Waals surface area (Å²) in [4.78, 5) is 0. The van der Waals surface area contributed by atoms with E-state index in [0.29, 0.717) is 22.6 Å². The van der Waals surface area contributed by atoms with Crippen molar-refractivity contribution in [3.8, 4) is 0 Å². The van der Waals surface area contributed by atoms with Crippen LogP contribution >= 0.6 is 22.6 Å². The van der Waals surface area contributed by atoms with Gasteiger partial charge in [0.15, 0.2) is 0 Å². The van der Waals surface area contributed by atoms with Crippen LogP contribution in [0, 0.1) is 0 Å². The zero-order valence-corrected chi connectivity index (χ0v) is 7.25. The molecule has 0 saturated heterocycles. The number of hydrogen-bond donors (Lipinski definition) is 0. The van der Waals surface area contributed by atoms with Gasteiger partial charge in [0.05, 0.1) is 13.0 Å². The molecule has 0 aliphatic carbocycles. The Balaban J connectivity index is 3.44.